The van der Waals surface area contributed by atoms with Gasteiger partial charge in [0.1, 0.15) is 5.76 Å². The molecule has 0 bridgehead atoms. The van der Waals surface area contributed by atoms with Crippen molar-refractivity contribution in [2.75, 3.05) is 13.1 Å². The molecule has 0 aliphatic carbocycles. The van der Waals surface area contributed by atoms with E-state index in [1.165, 1.54) is 0 Å². The number of rotatable bonds is 3. The molecule has 1 unspecified atom stereocenters. The SMILES string of the molecule is Cc1oc(C(=O)O)cc1CN1CCC(C)(O)C1. The molecule has 1 fully saturated rings. The summed E-state index contributed by atoms with van der Waals surface area (Å²) in [4.78, 5) is 12.9. The minimum Gasteiger partial charge on any atom is -0.475 e. The van der Waals surface area contributed by atoms with Crippen molar-refractivity contribution in [1.29, 1.82) is 0 Å². The van der Waals surface area contributed by atoms with Crippen LogP contribution in [0.2, 0.25) is 0 Å². The van der Waals surface area contributed by atoms with Crippen LogP contribution in [0.15, 0.2) is 10.5 Å². The van der Waals surface area contributed by atoms with Gasteiger partial charge in [-0.05, 0) is 26.3 Å². The summed E-state index contributed by atoms with van der Waals surface area (Å²) < 4.78 is 5.15. The lowest BCUT2D eigenvalue weighted by Crippen LogP contribution is -2.29. The number of aromatic carboxylic acids is 1. The highest BCUT2D eigenvalue weighted by atomic mass is 16.4. The van der Waals surface area contributed by atoms with Gasteiger partial charge in [-0.2, -0.15) is 0 Å². The van der Waals surface area contributed by atoms with Gasteiger partial charge in [-0.1, -0.05) is 0 Å². The third-order valence-corrected chi connectivity index (χ3v) is 3.16. The first kappa shape index (κ1) is 12.1. The lowest BCUT2D eigenvalue weighted by Gasteiger charge is -2.18. The summed E-state index contributed by atoms with van der Waals surface area (Å²) in [5, 5.41) is 18.7. The first-order valence-corrected chi connectivity index (χ1v) is 5.65. The number of carboxylic acids is 1. The summed E-state index contributed by atoms with van der Waals surface area (Å²) >= 11 is 0. The van der Waals surface area contributed by atoms with Crippen LogP contribution in [0, 0.1) is 6.92 Å². The predicted molar refractivity (Wildman–Crippen MR) is 60.9 cm³/mol. The van der Waals surface area contributed by atoms with Crippen molar-refractivity contribution in [2.24, 2.45) is 0 Å². The standard InChI is InChI=1S/C12H17NO4/c1-8-9(5-10(17-8)11(14)15)6-13-4-3-12(2,16)7-13/h5,16H,3-4,6-7H2,1-2H3,(H,14,15). The van der Waals surface area contributed by atoms with Gasteiger partial charge < -0.3 is 14.6 Å². The molecule has 0 radical (unpaired) electrons. The Kier molecular flexibility index (Phi) is 2.97. The molecule has 2 rings (SSSR count). The number of aliphatic hydroxyl groups is 1. The number of carbonyl (C=O) groups is 1. The van der Waals surface area contributed by atoms with E-state index in [1.54, 1.807) is 13.0 Å². The monoisotopic (exact) mass is 239 g/mol. The van der Waals surface area contributed by atoms with Crippen LogP contribution in [0.1, 0.15) is 35.2 Å². The van der Waals surface area contributed by atoms with Gasteiger partial charge in [-0.15, -0.1) is 0 Å². The molecule has 1 saturated heterocycles. The predicted octanol–water partition coefficient (Wildman–Crippen LogP) is 1.24. The summed E-state index contributed by atoms with van der Waals surface area (Å²) in [5.74, 6) is -0.440. The first-order valence-electron chi connectivity index (χ1n) is 5.65. The molecule has 1 aliphatic rings. The molecule has 1 aliphatic heterocycles. The number of β-amino-alcohol motifs (C(OH)–C–C–N with tert-alkyl or cyclic N) is 1. The van der Waals surface area contributed by atoms with Crippen molar-refractivity contribution in [3.05, 3.63) is 23.2 Å². The number of nitrogens with zero attached hydrogens (tertiary/aromatic N) is 1. The molecule has 1 atom stereocenters. The quantitative estimate of drug-likeness (QED) is 0.830. The highest BCUT2D eigenvalue weighted by Gasteiger charge is 2.31. The highest BCUT2D eigenvalue weighted by molar-refractivity contribution is 5.84. The molecule has 94 valence electrons. The third kappa shape index (κ3) is 2.68. The Bertz CT molecular complexity index is 436. The van der Waals surface area contributed by atoms with E-state index in [9.17, 15) is 9.90 Å². The van der Waals surface area contributed by atoms with Crippen LogP contribution in [0.4, 0.5) is 0 Å². The zero-order chi connectivity index (χ0) is 12.6. The molecule has 0 spiro atoms. The van der Waals surface area contributed by atoms with Crippen LogP contribution >= 0.6 is 0 Å². The summed E-state index contributed by atoms with van der Waals surface area (Å²) in [6.45, 7) is 5.63. The Morgan fingerprint density at radius 1 is 1.65 bits per heavy atom. The largest absolute Gasteiger partial charge is 0.475 e. The second-order valence-electron chi connectivity index (χ2n) is 4.95. The fourth-order valence-corrected chi connectivity index (χ4v) is 2.20. The van der Waals surface area contributed by atoms with E-state index in [1.807, 2.05) is 6.92 Å². The summed E-state index contributed by atoms with van der Waals surface area (Å²) in [7, 11) is 0. The topological polar surface area (TPSA) is 73.9 Å². The van der Waals surface area contributed by atoms with E-state index in [-0.39, 0.29) is 5.76 Å². The van der Waals surface area contributed by atoms with Crippen molar-refractivity contribution in [3.8, 4) is 0 Å². The number of aryl methyl sites for hydroxylation is 1. The second kappa shape index (κ2) is 4.16. The van der Waals surface area contributed by atoms with Gasteiger partial charge in [0.25, 0.3) is 0 Å². The Labute approximate surface area is 99.6 Å². The minimum atomic E-state index is -1.05. The molecule has 0 aromatic carbocycles. The Hall–Kier alpha value is -1.33. The molecule has 17 heavy (non-hydrogen) atoms. The molecule has 2 heterocycles. The molecule has 2 N–H and O–H groups in total. The average molecular weight is 239 g/mol. The zero-order valence-corrected chi connectivity index (χ0v) is 10.1. The van der Waals surface area contributed by atoms with E-state index in [2.05, 4.69) is 4.90 Å². The van der Waals surface area contributed by atoms with Gasteiger partial charge >= 0.3 is 5.97 Å². The summed E-state index contributed by atoms with van der Waals surface area (Å²) in [5.41, 5.74) is 0.243. The van der Waals surface area contributed by atoms with Gasteiger partial charge in [0.05, 0.1) is 5.60 Å². The third-order valence-electron chi connectivity index (χ3n) is 3.16. The summed E-state index contributed by atoms with van der Waals surface area (Å²) in [6, 6.07) is 1.56. The maximum Gasteiger partial charge on any atom is 0.371 e. The zero-order valence-electron chi connectivity index (χ0n) is 10.1. The fourth-order valence-electron chi connectivity index (χ4n) is 2.20. The number of furan rings is 1. The van der Waals surface area contributed by atoms with Crippen molar-refractivity contribution in [1.82, 2.24) is 4.90 Å². The first-order chi connectivity index (χ1) is 7.87. The van der Waals surface area contributed by atoms with E-state index in [0.717, 1.165) is 18.5 Å². The number of hydrogen-bond acceptors (Lipinski definition) is 4. The van der Waals surface area contributed by atoms with E-state index < -0.39 is 11.6 Å². The summed E-state index contributed by atoms with van der Waals surface area (Å²) in [6.07, 6.45) is 0.746. The molecular weight excluding hydrogens is 222 g/mol. The second-order valence-corrected chi connectivity index (χ2v) is 4.95. The molecule has 1 aromatic heterocycles. The van der Waals surface area contributed by atoms with Crippen LogP contribution in [0.3, 0.4) is 0 Å². The van der Waals surface area contributed by atoms with E-state index in [0.29, 0.717) is 18.8 Å². The smallest absolute Gasteiger partial charge is 0.371 e. The number of carboxylic acid groups (broad SMARTS) is 1. The van der Waals surface area contributed by atoms with Crippen molar-refractivity contribution in [2.45, 2.75) is 32.4 Å². The minimum absolute atomic E-state index is 0.0246. The molecule has 1 aromatic rings. The van der Waals surface area contributed by atoms with Crippen LogP contribution in [-0.2, 0) is 6.54 Å². The number of likely N-dealkylation sites (tertiary alicyclic amines) is 1. The van der Waals surface area contributed by atoms with Gasteiger partial charge in [-0.25, -0.2) is 4.79 Å². The van der Waals surface area contributed by atoms with Crippen LogP contribution < -0.4 is 0 Å². The van der Waals surface area contributed by atoms with Crippen LogP contribution in [0.25, 0.3) is 0 Å². The Morgan fingerprint density at radius 2 is 2.35 bits per heavy atom. The molecule has 0 saturated carbocycles. The molecule has 5 heteroatoms. The highest BCUT2D eigenvalue weighted by Crippen LogP contribution is 2.24. The van der Waals surface area contributed by atoms with Gasteiger partial charge in [0.2, 0.25) is 5.76 Å². The molecular formula is C12H17NO4. The molecule has 5 nitrogen and oxygen atoms in total. The van der Waals surface area contributed by atoms with Gasteiger partial charge in [0, 0.05) is 25.2 Å². The normalized spacial score (nSPS) is 25.4. The lowest BCUT2D eigenvalue weighted by atomic mass is 10.1. The van der Waals surface area contributed by atoms with Crippen molar-refractivity contribution in [3.63, 3.8) is 0 Å². The van der Waals surface area contributed by atoms with Gasteiger partial charge in [-0.3, -0.25) is 4.90 Å². The molecule has 0 amide bonds. The van der Waals surface area contributed by atoms with Gasteiger partial charge in [0.15, 0.2) is 0 Å². The Balaban J connectivity index is 2.07. The lowest BCUT2D eigenvalue weighted by molar-refractivity contribution is 0.0658. The number of hydrogen-bond donors (Lipinski definition) is 2. The van der Waals surface area contributed by atoms with Crippen LogP contribution in [-0.4, -0.2) is 39.8 Å². The van der Waals surface area contributed by atoms with E-state index in [4.69, 9.17) is 9.52 Å². The van der Waals surface area contributed by atoms with Crippen molar-refractivity contribution >= 4 is 5.97 Å². The Morgan fingerprint density at radius 3 is 2.82 bits per heavy atom. The fraction of sp³-hybridized carbons (Fsp3) is 0.583. The maximum absolute atomic E-state index is 10.8. The average Bonchev–Trinajstić information content (AvgIpc) is 2.72. The van der Waals surface area contributed by atoms with Crippen LogP contribution in [0.5, 0.6) is 0 Å². The van der Waals surface area contributed by atoms with E-state index >= 15 is 0 Å². The maximum atomic E-state index is 10.8. The van der Waals surface area contributed by atoms with Crippen molar-refractivity contribution < 1.29 is 19.4 Å².